The highest BCUT2D eigenvalue weighted by Crippen LogP contribution is 2.32. The van der Waals surface area contributed by atoms with Gasteiger partial charge in [-0.05, 0) is 17.7 Å². The van der Waals surface area contributed by atoms with Gasteiger partial charge < -0.3 is 10.1 Å². The first-order valence-corrected chi connectivity index (χ1v) is 10.9. The van der Waals surface area contributed by atoms with E-state index in [1.807, 2.05) is 30.3 Å². The van der Waals surface area contributed by atoms with Crippen molar-refractivity contribution in [2.75, 3.05) is 44.7 Å². The molecule has 0 spiro atoms. The van der Waals surface area contributed by atoms with Gasteiger partial charge in [-0.3, -0.25) is 0 Å². The zero-order valence-electron chi connectivity index (χ0n) is 15.8. The summed E-state index contributed by atoms with van der Waals surface area (Å²) in [7, 11) is -3.63. The first kappa shape index (κ1) is 20.2. The second kappa shape index (κ2) is 8.35. The summed E-state index contributed by atoms with van der Waals surface area (Å²) in [5, 5.41) is 3.21. The molecule has 0 aliphatic carbocycles. The molecule has 1 N–H and O–H groups in total. The minimum atomic E-state index is -3.63. The molecule has 2 atom stereocenters. The highest BCUT2D eigenvalue weighted by molar-refractivity contribution is 7.86. The van der Waals surface area contributed by atoms with E-state index < -0.39 is 21.8 Å². The Morgan fingerprint density at radius 2 is 1.66 bits per heavy atom. The number of nitrogens with zero attached hydrogens (tertiary/aromatic N) is 2. The summed E-state index contributed by atoms with van der Waals surface area (Å²) < 4.78 is 61.3. The monoisotopic (exact) mass is 423 g/mol. The molecule has 2 saturated heterocycles. The van der Waals surface area contributed by atoms with E-state index in [1.54, 1.807) is 0 Å². The third kappa shape index (κ3) is 4.28. The Balaban J connectivity index is 1.60. The summed E-state index contributed by atoms with van der Waals surface area (Å²) in [6, 6.07) is 13.0. The summed E-state index contributed by atoms with van der Waals surface area (Å²) in [5.41, 5.74) is 1.41. The third-order valence-electron chi connectivity index (χ3n) is 5.41. The molecule has 0 saturated carbocycles. The van der Waals surface area contributed by atoms with Gasteiger partial charge in [0.1, 0.15) is 0 Å². The van der Waals surface area contributed by atoms with Crippen LogP contribution in [0.5, 0.6) is 0 Å². The Hall–Kier alpha value is -2.07. The van der Waals surface area contributed by atoms with E-state index in [-0.39, 0.29) is 18.5 Å². The molecule has 0 bridgehead atoms. The Kier molecular flexibility index (Phi) is 5.82. The normalized spacial score (nSPS) is 23.9. The van der Waals surface area contributed by atoms with E-state index in [0.29, 0.717) is 38.5 Å². The number of halogens is 2. The lowest BCUT2D eigenvalue weighted by Gasteiger charge is -2.30. The summed E-state index contributed by atoms with van der Waals surface area (Å²) in [6.07, 6.45) is 0. The third-order valence-corrected chi connectivity index (χ3v) is 7.38. The highest BCUT2D eigenvalue weighted by Gasteiger charge is 2.42. The van der Waals surface area contributed by atoms with Gasteiger partial charge in [-0.2, -0.15) is 17.0 Å². The molecule has 156 valence electrons. The topological polar surface area (TPSA) is 61.9 Å². The number of hydrogen-bond donors (Lipinski definition) is 1. The predicted molar refractivity (Wildman–Crippen MR) is 106 cm³/mol. The van der Waals surface area contributed by atoms with E-state index in [2.05, 4.69) is 5.32 Å². The highest BCUT2D eigenvalue weighted by atomic mass is 32.2. The van der Waals surface area contributed by atoms with Crippen LogP contribution < -0.4 is 5.32 Å². The molecule has 2 fully saturated rings. The van der Waals surface area contributed by atoms with Crippen LogP contribution in [0.25, 0.3) is 0 Å². The number of benzene rings is 2. The van der Waals surface area contributed by atoms with Gasteiger partial charge in [-0.1, -0.05) is 30.3 Å². The number of ether oxygens (including phenoxy) is 1. The van der Waals surface area contributed by atoms with Crippen LogP contribution in [0.2, 0.25) is 0 Å². The summed E-state index contributed by atoms with van der Waals surface area (Å²) in [5.74, 6) is -1.99. The van der Waals surface area contributed by atoms with E-state index >= 15 is 0 Å². The van der Waals surface area contributed by atoms with Crippen LogP contribution in [0.1, 0.15) is 11.5 Å². The van der Waals surface area contributed by atoms with Gasteiger partial charge in [0, 0.05) is 49.9 Å². The van der Waals surface area contributed by atoms with Gasteiger partial charge in [-0.15, -0.1) is 0 Å². The van der Waals surface area contributed by atoms with Crippen LogP contribution in [0.4, 0.5) is 14.5 Å². The lowest BCUT2D eigenvalue weighted by molar-refractivity contribution is 0.0705. The molecule has 4 rings (SSSR count). The van der Waals surface area contributed by atoms with Gasteiger partial charge in [0.15, 0.2) is 11.6 Å². The van der Waals surface area contributed by atoms with Crippen LogP contribution in [0.15, 0.2) is 48.5 Å². The average Bonchev–Trinajstić information content (AvgIpc) is 3.17. The van der Waals surface area contributed by atoms with E-state index in [4.69, 9.17) is 4.74 Å². The van der Waals surface area contributed by atoms with Crippen LogP contribution in [0, 0.1) is 11.6 Å². The molecular weight excluding hydrogens is 400 g/mol. The molecule has 2 aromatic carbocycles. The van der Waals surface area contributed by atoms with Gasteiger partial charge in [0.2, 0.25) is 0 Å². The number of morpholine rings is 1. The lowest BCUT2D eigenvalue weighted by atomic mass is 9.94. The molecule has 0 aromatic heterocycles. The van der Waals surface area contributed by atoms with Crippen molar-refractivity contribution in [3.63, 3.8) is 0 Å². The maximum atomic E-state index is 13.6. The van der Waals surface area contributed by atoms with Crippen LogP contribution in [-0.2, 0) is 14.9 Å². The maximum absolute atomic E-state index is 13.6. The van der Waals surface area contributed by atoms with Crippen molar-refractivity contribution in [2.45, 2.75) is 12.0 Å². The number of rotatable bonds is 5. The van der Waals surface area contributed by atoms with Crippen molar-refractivity contribution in [1.29, 1.82) is 0 Å². The number of hydrogen-bond acceptors (Lipinski definition) is 4. The molecule has 0 radical (unpaired) electrons. The maximum Gasteiger partial charge on any atom is 0.282 e. The lowest BCUT2D eigenvalue weighted by Crippen LogP contribution is -2.48. The zero-order chi connectivity index (χ0) is 20.4. The smallest absolute Gasteiger partial charge is 0.282 e. The molecule has 0 unspecified atom stereocenters. The molecule has 2 aliphatic rings. The fourth-order valence-electron chi connectivity index (χ4n) is 3.88. The van der Waals surface area contributed by atoms with E-state index in [9.17, 15) is 17.2 Å². The van der Waals surface area contributed by atoms with Crippen molar-refractivity contribution in [3.8, 4) is 0 Å². The van der Waals surface area contributed by atoms with Gasteiger partial charge in [0.05, 0.1) is 13.2 Å². The van der Waals surface area contributed by atoms with Crippen LogP contribution >= 0.6 is 0 Å². The number of nitrogens with one attached hydrogen (secondary N) is 1. The first-order chi connectivity index (χ1) is 13.9. The predicted octanol–water partition coefficient (Wildman–Crippen LogP) is 2.42. The van der Waals surface area contributed by atoms with Gasteiger partial charge >= 0.3 is 0 Å². The van der Waals surface area contributed by atoms with Crippen molar-refractivity contribution >= 4 is 15.9 Å². The van der Waals surface area contributed by atoms with Crippen molar-refractivity contribution in [1.82, 2.24) is 8.61 Å². The summed E-state index contributed by atoms with van der Waals surface area (Å²) in [4.78, 5) is 0. The molecular formula is C20H23F2N3O3S. The number of anilines is 1. The SMILES string of the molecule is O=S(=O)(N1CCOCC1)N1C[C@H](Nc2ccc(F)c(F)c2)[C@@H](c2ccccc2)C1. The van der Waals surface area contributed by atoms with Crippen LogP contribution in [-0.4, -0.2) is 62.5 Å². The van der Waals surface area contributed by atoms with Crippen molar-refractivity contribution < 1.29 is 21.9 Å². The minimum Gasteiger partial charge on any atom is -0.380 e. The van der Waals surface area contributed by atoms with E-state index in [0.717, 1.165) is 17.7 Å². The molecule has 0 amide bonds. The van der Waals surface area contributed by atoms with Crippen LogP contribution in [0.3, 0.4) is 0 Å². The molecule has 2 heterocycles. The Bertz CT molecular complexity index is 953. The Morgan fingerprint density at radius 1 is 0.931 bits per heavy atom. The largest absolute Gasteiger partial charge is 0.380 e. The second-order valence-electron chi connectivity index (χ2n) is 7.23. The standard InChI is InChI=1S/C20H23F2N3O3S/c21-18-7-6-16(12-19(18)22)23-20-14-25(13-17(20)15-4-2-1-3-5-15)29(26,27)24-8-10-28-11-9-24/h1-7,12,17,20,23H,8-11,13-14H2/t17-,20+/m1/s1. The minimum absolute atomic E-state index is 0.125. The van der Waals surface area contributed by atoms with Gasteiger partial charge in [-0.25, -0.2) is 8.78 Å². The first-order valence-electron chi connectivity index (χ1n) is 9.54. The molecule has 6 nitrogen and oxygen atoms in total. The van der Waals surface area contributed by atoms with Gasteiger partial charge in [0.25, 0.3) is 10.2 Å². The quantitative estimate of drug-likeness (QED) is 0.803. The fraction of sp³-hybridized carbons (Fsp3) is 0.400. The summed E-state index contributed by atoms with van der Waals surface area (Å²) in [6.45, 7) is 1.97. The fourth-order valence-corrected chi connectivity index (χ4v) is 5.52. The molecule has 2 aromatic rings. The van der Waals surface area contributed by atoms with E-state index in [1.165, 1.54) is 14.7 Å². The summed E-state index contributed by atoms with van der Waals surface area (Å²) >= 11 is 0. The zero-order valence-corrected chi connectivity index (χ0v) is 16.6. The molecule has 2 aliphatic heterocycles. The second-order valence-corrected chi connectivity index (χ2v) is 9.16. The Morgan fingerprint density at radius 3 is 2.34 bits per heavy atom. The molecule has 29 heavy (non-hydrogen) atoms. The Labute approximate surface area is 169 Å². The van der Waals surface area contributed by atoms with Crippen molar-refractivity contribution in [3.05, 3.63) is 65.7 Å². The molecule has 9 heteroatoms. The average molecular weight is 423 g/mol. The van der Waals surface area contributed by atoms with Crippen molar-refractivity contribution in [2.24, 2.45) is 0 Å².